The molecular weight excluding hydrogens is 498 g/mol. The molecule has 2 saturated heterocycles. The molecule has 5 rings (SSSR count). The zero-order chi connectivity index (χ0) is 24.6. The van der Waals surface area contributed by atoms with Crippen molar-refractivity contribution < 1.29 is 31.4 Å². The van der Waals surface area contributed by atoms with Crippen LogP contribution in [0.5, 0.6) is 5.75 Å². The second-order valence-electron chi connectivity index (χ2n) is 9.74. The maximum atomic E-state index is 15.4. The van der Waals surface area contributed by atoms with Crippen LogP contribution in [0.1, 0.15) is 36.8 Å². The van der Waals surface area contributed by atoms with Gasteiger partial charge >= 0.3 is 0 Å². The molecule has 3 atom stereocenters. The number of hydrogen-bond acceptors (Lipinski definition) is 5. The molecule has 3 aliphatic rings. The Hall–Kier alpha value is -1.74. The topological polar surface area (TPSA) is 61.8 Å². The molecule has 0 unspecified atom stereocenters. The van der Waals surface area contributed by atoms with E-state index in [2.05, 4.69) is 0 Å². The molecule has 35 heavy (non-hydrogen) atoms. The van der Waals surface area contributed by atoms with E-state index in [1.165, 1.54) is 0 Å². The fourth-order valence-electron chi connectivity index (χ4n) is 5.98. The summed E-state index contributed by atoms with van der Waals surface area (Å²) in [5, 5.41) is 0.184. The lowest BCUT2D eigenvalue weighted by atomic mass is 9.60. The highest BCUT2D eigenvalue weighted by Gasteiger charge is 2.53. The van der Waals surface area contributed by atoms with Gasteiger partial charge < -0.3 is 14.2 Å². The second-order valence-corrected chi connectivity index (χ2v) is 12.6. The first-order chi connectivity index (χ1) is 16.8. The number of fused-ring (bicyclic) bond motifs is 3. The van der Waals surface area contributed by atoms with Gasteiger partial charge in [-0.2, -0.15) is 0 Å². The van der Waals surface area contributed by atoms with Gasteiger partial charge in [-0.1, -0.05) is 23.7 Å². The van der Waals surface area contributed by atoms with Crippen LogP contribution in [0.25, 0.3) is 0 Å². The SMILES string of the molecule is O=S(=O)(CC[C@@H]1OCC[C@@]2(Cc3ccc(Cl)cc3)c3c(F)ccc(F)c3OC[C@@H]12)C1CCOCC1. The Morgan fingerprint density at radius 3 is 2.46 bits per heavy atom. The predicted octanol–water partition coefficient (Wildman–Crippen LogP) is 4.88. The largest absolute Gasteiger partial charge is 0.490 e. The van der Waals surface area contributed by atoms with Gasteiger partial charge in [-0.25, -0.2) is 17.2 Å². The van der Waals surface area contributed by atoms with Crippen molar-refractivity contribution in [1.82, 2.24) is 0 Å². The van der Waals surface area contributed by atoms with Crippen LogP contribution >= 0.6 is 11.6 Å². The molecule has 0 bridgehead atoms. The lowest BCUT2D eigenvalue weighted by Gasteiger charge is -2.51. The second kappa shape index (κ2) is 9.96. The highest BCUT2D eigenvalue weighted by molar-refractivity contribution is 7.92. The Kier molecular flexibility index (Phi) is 7.09. The normalized spacial score (nSPS) is 27.1. The minimum atomic E-state index is -3.33. The first-order valence-corrected chi connectivity index (χ1v) is 14.2. The monoisotopic (exact) mass is 526 g/mol. The third-order valence-corrected chi connectivity index (χ3v) is 10.3. The predicted molar refractivity (Wildman–Crippen MR) is 129 cm³/mol. The third kappa shape index (κ3) is 4.82. The molecule has 2 aromatic rings. The molecule has 0 spiro atoms. The molecule has 9 heteroatoms. The Morgan fingerprint density at radius 2 is 1.71 bits per heavy atom. The minimum Gasteiger partial charge on any atom is -0.490 e. The average molecular weight is 527 g/mol. The van der Waals surface area contributed by atoms with Gasteiger partial charge in [0.2, 0.25) is 0 Å². The molecule has 2 fully saturated rings. The minimum absolute atomic E-state index is 0.0195. The van der Waals surface area contributed by atoms with Gasteiger partial charge in [0.25, 0.3) is 0 Å². The van der Waals surface area contributed by atoms with Crippen molar-refractivity contribution in [3.63, 3.8) is 0 Å². The number of sulfone groups is 1. The van der Waals surface area contributed by atoms with Gasteiger partial charge in [0.15, 0.2) is 21.4 Å². The van der Waals surface area contributed by atoms with E-state index >= 15 is 4.39 Å². The smallest absolute Gasteiger partial charge is 0.165 e. The van der Waals surface area contributed by atoms with Crippen molar-refractivity contribution >= 4 is 21.4 Å². The van der Waals surface area contributed by atoms with Crippen molar-refractivity contribution in [2.75, 3.05) is 32.2 Å². The molecule has 2 aromatic carbocycles. The van der Waals surface area contributed by atoms with Crippen molar-refractivity contribution in [2.45, 2.75) is 48.9 Å². The number of hydrogen-bond donors (Lipinski definition) is 0. The Morgan fingerprint density at radius 1 is 1.00 bits per heavy atom. The van der Waals surface area contributed by atoms with Crippen LogP contribution in [0, 0.1) is 17.6 Å². The van der Waals surface area contributed by atoms with Crippen LogP contribution in [0.2, 0.25) is 5.02 Å². The summed E-state index contributed by atoms with van der Waals surface area (Å²) in [5.41, 5.74) is 0.370. The fraction of sp³-hybridized carbons (Fsp3) is 0.538. The third-order valence-electron chi connectivity index (χ3n) is 7.80. The molecule has 0 radical (unpaired) electrons. The highest BCUT2D eigenvalue weighted by Crippen LogP contribution is 2.52. The van der Waals surface area contributed by atoms with Crippen LogP contribution in [0.15, 0.2) is 36.4 Å². The molecule has 0 amide bonds. The number of halogens is 3. The summed E-state index contributed by atoms with van der Waals surface area (Å²) < 4.78 is 73.3. The molecular formula is C26H29ClF2O5S. The van der Waals surface area contributed by atoms with E-state index < -0.39 is 38.2 Å². The van der Waals surface area contributed by atoms with Gasteiger partial charge in [-0.3, -0.25) is 0 Å². The molecule has 0 aliphatic carbocycles. The molecule has 0 aromatic heterocycles. The Balaban J connectivity index is 1.48. The lowest BCUT2D eigenvalue weighted by Crippen LogP contribution is -2.55. The van der Waals surface area contributed by atoms with Crippen LogP contribution in [0.3, 0.4) is 0 Å². The van der Waals surface area contributed by atoms with Gasteiger partial charge in [0.1, 0.15) is 5.82 Å². The lowest BCUT2D eigenvalue weighted by molar-refractivity contribution is -0.0963. The van der Waals surface area contributed by atoms with E-state index in [0.29, 0.717) is 50.5 Å². The first-order valence-electron chi connectivity index (χ1n) is 12.1. The van der Waals surface area contributed by atoms with Crippen molar-refractivity contribution in [1.29, 1.82) is 0 Å². The van der Waals surface area contributed by atoms with Crippen LogP contribution in [-0.2, 0) is 31.1 Å². The summed E-state index contributed by atoms with van der Waals surface area (Å²) in [6.07, 6.45) is 1.74. The maximum Gasteiger partial charge on any atom is 0.165 e. The summed E-state index contributed by atoms with van der Waals surface area (Å²) >= 11 is 6.07. The van der Waals surface area contributed by atoms with Crippen molar-refractivity contribution in [3.05, 3.63) is 64.2 Å². The number of rotatable bonds is 6. The maximum absolute atomic E-state index is 15.4. The van der Waals surface area contributed by atoms with Crippen LogP contribution in [0.4, 0.5) is 8.78 Å². The average Bonchev–Trinajstić information content (AvgIpc) is 2.86. The van der Waals surface area contributed by atoms with E-state index in [4.69, 9.17) is 25.8 Å². The van der Waals surface area contributed by atoms with E-state index in [1.54, 1.807) is 12.1 Å². The summed E-state index contributed by atoms with van der Waals surface area (Å²) in [7, 11) is -3.33. The zero-order valence-electron chi connectivity index (χ0n) is 19.4. The summed E-state index contributed by atoms with van der Waals surface area (Å²) in [5.74, 6) is -1.52. The van der Waals surface area contributed by atoms with Gasteiger partial charge in [0, 0.05) is 41.7 Å². The summed E-state index contributed by atoms with van der Waals surface area (Å²) in [6.45, 7) is 1.35. The number of benzene rings is 2. The summed E-state index contributed by atoms with van der Waals surface area (Å²) in [4.78, 5) is 0. The van der Waals surface area contributed by atoms with E-state index in [-0.39, 0.29) is 36.0 Å². The molecule has 0 N–H and O–H groups in total. The molecule has 0 saturated carbocycles. The van der Waals surface area contributed by atoms with E-state index in [1.807, 2.05) is 12.1 Å². The molecule has 3 aliphatic heterocycles. The van der Waals surface area contributed by atoms with E-state index in [0.717, 1.165) is 17.7 Å². The van der Waals surface area contributed by atoms with Crippen LogP contribution < -0.4 is 4.74 Å². The molecule has 5 nitrogen and oxygen atoms in total. The van der Waals surface area contributed by atoms with Crippen LogP contribution in [-0.4, -0.2) is 52.0 Å². The van der Waals surface area contributed by atoms with E-state index in [9.17, 15) is 12.8 Å². The Labute approximate surface area is 209 Å². The zero-order valence-corrected chi connectivity index (χ0v) is 20.9. The highest BCUT2D eigenvalue weighted by atomic mass is 35.5. The first kappa shape index (κ1) is 24.9. The molecule has 190 valence electrons. The quantitative estimate of drug-likeness (QED) is 0.537. The van der Waals surface area contributed by atoms with Gasteiger partial charge in [-0.05, 0) is 61.9 Å². The van der Waals surface area contributed by atoms with Crippen molar-refractivity contribution in [3.8, 4) is 5.75 Å². The van der Waals surface area contributed by atoms with Crippen molar-refractivity contribution in [2.24, 2.45) is 5.92 Å². The standard InChI is InChI=1S/C26H29ClF2O5S/c27-18-3-1-17(2-4-18)15-26-10-13-33-23(9-14-35(30,31)19-7-11-32-12-8-19)20(26)16-34-25-22(29)6-5-21(28)24(25)26/h1-6,19-20,23H,7-16H2/t20-,23-,26-/m0/s1. The molecule has 3 heterocycles. The van der Waals surface area contributed by atoms with Gasteiger partial charge in [0.05, 0.1) is 23.7 Å². The van der Waals surface area contributed by atoms with Gasteiger partial charge in [-0.15, -0.1) is 0 Å². The fourth-order valence-corrected chi connectivity index (χ4v) is 7.91. The Bertz CT molecular complexity index is 1170. The summed E-state index contributed by atoms with van der Waals surface area (Å²) in [6, 6.07) is 9.57. The number of ether oxygens (including phenoxy) is 3.